The van der Waals surface area contributed by atoms with Crippen molar-refractivity contribution in [3.05, 3.63) is 31.2 Å². The monoisotopic (exact) mass is 329 g/mol. The first-order chi connectivity index (χ1) is 6.97. The standard InChI is InChI=1S/C8H6F2INO3/c1-15-8(14)4-2-3(11)5(6(9)10)7(13)12-4/h2,6H,1H3,(H,12,13). The van der Waals surface area contributed by atoms with Crippen LogP contribution in [0.3, 0.4) is 0 Å². The summed E-state index contributed by atoms with van der Waals surface area (Å²) in [5, 5.41) is 0. The SMILES string of the molecule is COC(=O)c1cc(I)c(C(F)F)c(=O)[nH]1. The number of aromatic nitrogens is 1. The zero-order valence-electron chi connectivity index (χ0n) is 7.51. The summed E-state index contributed by atoms with van der Waals surface area (Å²) in [5.74, 6) is -0.772. The van der Waals surface area contributed by atoms with Crippen LogP contribution in [0.5, 0.6) is 0 Å². The number of aromatic amines is 1. The Kier molecular flexibility index (Phi) is 3.77. The number of carbonyl (C=O) groups is 1. The normalized spacial score (nSPS) is 10.5. The molecule has 4 nitrogen and oxygen atoms in total. The van der Waals surface area contributed by atoms with Gasteiger partial charge in [-0.25, -0.2) is 13.6 Å². The Morgan fingerprint density at radius 3 is 2.60 bits per heavy atom. The Hall–Kier alpha value is -0.990. The molecule has 0 spiro atoms. The van der Waals surface area contributed by atoms with E-state index < -0.39 is 23.5 Å². The van der Waals surface area contributed by atoms with E-state index >= 15 is 0 Å². The van der Waals surface area contributed by atoms with Crippen LogP contribution in [0.2, 0.25) is 0 Å². The maximum atomic E-state index is 12.4. The summed E-state index contributed by atoms with van der Waals surface area (Å²) >= 11 is 1.57. The van der Waals surface area contributed by atoms with Gasteiger partial charge in [-0.15, -0.1) is 0 Å². The molecule has 0 aliphatic heterocycles. The zero-order valence-corrected chi connectivity index (χ0v) is 9.67. The van der Waals surface area contributed by atoms with E-state index in [0.717, 1.165) is 13.2 Å². The summed E-state index contributed by atoms with van der Waals surface area (Å²) < 4.78 is 29.1. The van der Waals surface area contributed by atoms with Crippen LogP contribution in [0, 0.1) is 3.57 Å². The number of methoxy groups -OCH3 is 1. The fraction of sp³-hybridized carbons (Fsp3) is 0.250. The van der Waals surface area contributed by atoms with Gasteiger partial charge in [-0.3, -0.25) is 4.79 Å². The molecule has 0 aliphatic rings. The first-order valence-corrected chi connectivity index (χ1v) is 4.84. The van der Waals surface area contributed by atoms with E-state index in [9.17, 15) is 18.4 Å². The predicted molar refractivity (Wildman–Crippen MR) is 56.1 cm³/mol. The molecule has 0 amide bonds. The Balaban J connectivity index is 3.32. The summed E-state index contributed by atoms with van der Waals surface area (Å²) in [4.78, 5) is 24.2. The fourth-order valence-electron chi connectivity index (χ4n) is 0.962. The van der Waals surface area contributed by atoms with Crippen molar-refractivity contribution in [2.75, 3.05) is 7.11 Å². The topological polar surface area (TPSA) is 59.2 Å². The largest absolute Gasteiger partial charge is 0.464 e. The number of rotatable bonds is 2. The first kappa shape index (κ1) is 12.1. The second-order valence-corrected chi connectivity index (χ2v) is 3.73. The molecular formula is C8H6F2INO3. The highest BCUT2D eigenvalue weighted by Gasteiger charge is 2.19. The van der Waals surface area contributed by atoms with Crippen molar-refractivity contribution in [2.24, 2.45) is 0 Å². The van der Waals surface area contributed by atoms with Crippen LogP contribution in [0.4, 0.5) is 8.78 Å². The molecule has 0 aromatic carbocycles. The first-order valence-electron chi connectivity index (χ1n) is 3.76. The van der Waals surface area contributed by atoms with Gasteiger partial charge in [-0.2, -0.15) is 0 Å². The molecule has 1 aromatic rings. The van der Waals surface area contributed by atoms with Crippen LogP contribution in [-0.2, 0) is 4.74 Å². The number of nitrogens with one attached hydrogen (secondary N) is 1. The summed E-state index contributed by atoms with van der Waals surface area (Å²) in [6.45, 7) is 0. The predicted octanol–water partition coefficient (Wildman–Crippen LogP) is 1.70. The van der Waals surface area contributed by atoms with Gasteiger partial charge in [0.1, 0.15) is 5.69 Å². The highest BCUT2D eigenvalue weighted by molar-refractivity contribution is 14.1. The third kappa shape index (κ3) is 2.52. The molecule has 0 bridgehead atoms. The summed E-state index contributed by atoms with van der Waals surface area (Å²) in [6, 6.07) is 1.15. The molecule has 0 saturated carbocycles. The second-order valence-electron chi connectivity index (χ2n) is 2.57. The van der Waals surface area contributed by atoms with Crippen LogP contribution < -0.4 is 5.56 Å². The molecule has 0 radical (unpaired) electrons. The van der Waals surface area contributed by atoms with Crippen molar-refractivity contribution in [1.29, 1.82) is 0 Å². The second kappa shape index (κ2) is 4.69. The Labute approximate surface area is 96.8 Å². The highest BCUT2D eigenvalue weighted by atomic mass is 127. The van der Waals surface area contributed by atoms with Crippen molar-refractivity contribution in [2.45, 2.75) is 6.43 Å². The van der Waals surface area contributed by atoms with E-state index in [1.165, 1.54) is 0 Å². The molecule has 1 rings (SSSR count). The van der Waals surface area contributed by atoms with Gasteiger partial charge in [-0.05, 0) is 28.7 Å². The molecule has 0 atom stereocenters. The number of hydrogen-bond donors (Lipinski definition) is 1. The Bertz CT molecular complexity index is 444. The summed E-state index contributed by atoms with van der Waals surface area (Å²) in [5.41, 5.74) is -1.75. The van der Waals surface area contributed by atoms with Gasteiger partial charge in [0.25, 0.3) is 12.0 Å². The highest BCUT2D eigenvalue weighted by Crippen LogP contribution is 2.20. The van der Waals surface area contributed by atoms with E-state index in [2.05, 4.69) is 4.74 Å². The maximum absolute atomic E-state index is 12.4. The van der Waals surface area contributed by atoms with Crippen LogP contribution in [0.25, 0.3) is 0 Å². The van der Waals surface area contributed by atoms with Crippen molar-refractivity contribution < 1.29 is 18.3 Å². The molecule has 0 fully saturated rings. The molecule has 1 heterocycles. The van der Waals surface area contributed by atoms with E-state index in [-0.39, 0.29) is 9.26 Å². The molecule has 7 heteroatoms. The van der Waals surface area contributed by atoms with Crippen molar-refractivity contribution in [3.63, 3.8) is 0 Å². The molecule has 0 saturated heterocycles. The number of H-pyrrole nitrogens is 1. The lowest BCUT2D eigenvalue weighted by atomic mass is 10.2. The smallest absolute Gasteiger partial charge is 0.354 e. The van der Waals surface area contributed by atoms with Gasteiger partial charge in [0.2, 0.25) is 0 Å². The molecule has 1 N–H and O–H groups in total. The lowest BCUT2D eigenvalue weighted by Crippen LogP contribution is -2.20. The van der Waals surface area contributed by atoms with Crippen LogP contribution in [0.15, 0.2) is 10.9 Å². The minimum Gasteiger partial charge on any atom is -0.464 e. The fourth-order valence-corrected chi connectivity index (χ4v) is 1.75. The Morgan fingerprint density at radius 2 is 2.20 bits per heavy atom. The van der Waals surface area contributed by atoms with Crippen molar-refractivity contribution in [3.8, 4) is 0 Å². The van der Waals surface area contributed by atoms with Gasteiger partial charge in [-0.1, -0.05) is 0 Å². The van der Waals surface area contributed by atoms with E-state index in [4.69, 9.17) is 0 Å². The Morgan fingerprint density at radius 1 is 1.60 bits per heavy atom. The van der Waals surface area contributed by atoms with Gasteiger partial charge < -0.3 is 9.72 Å². The van der Waals surface area contributed by atoms with Gasteiger partial charge >= 0.3 is 5.97 Å². The zero-order chi connectivity index (χ0) is 11.6. The van der Waals surface area contributed by atoms with E-state index in [0.29, 0.717) is 0 Å². The third-order valence-corrected chi connectivity index (χ3v) is 2.54. The number of alkyl halides is 2. The van der Waals surface area contributed by atoms with E-state index in [1.54, 1.807) is 22.6 Å². The maximum Gasteiger partial charge on any atom is 0.354 e. The number of carbonyl (C=O) groups excluding carboxylic acids is 1. The lowest BCUT2D eigenvalue weighted by molar-refractivity contribution is 0.0592. The number of esters is 1. The average molecular weight is 329 g/mol. The minimum absolute atomic E-state index is 0.0340. The lowest BCUT2D eigenvalue weighted by Gasteiger charge is -2.04. The average Bonchev–Trinajstić information content (AvgIpc) is 2.14. The third-order valence-electron chi connectivity index (χ3n) is 1.64. The van der Waals surface area contributed by atoms with Crippen LogP contribution in [0.1, 0.15) is 22.5 Å². The molecular weight excluding hydrogens is 323 g/mol. The number of pyridine rings is 1. The van der Waals surface area contributed by atoms with Gasteiger partial charge in [0.15, 0.2) is 0 Å². The van der Waals surface area contributed by atoms with Gasteiger partial charge in [0, 0.05) is 3.57 Å². The number of hydrogen-bond acceptors (Lipinski definition) is 3. The summed E-state index contributed by atoms with van der Waals surface area (Å²) in [7, 11) is 1.13. The molecule has 1 aromatic heterocycles. The molecule has 82 valence electrons. The molecule has 0 unspecified atom stereocenters. The number of ether oxygens (including phenoxy) is 1. The molecule has 0 aliphatic carbocycles. The van der Waals surface area contributed by atoms with E-state index in [1.807, 2.05) is 4.98 Å². The number of halogens is 3. The summed E-state index contributed by atoms with van der Waals surface area (Å²) in [6.07, 6.45) is -2.87. The van der Waals surface area contributed by atoms with Crippen molar-refractivity contribution >= 4 is 28.6 Å². The van der Waals surface area contributed by atoms with Crippen LogP contribution in [-0.4, -0.2) is 18.1 Å². The minimum atomic E-state index is -2.87. The van der Waals surface area contributed by atoms with Gasteiger partial charge in [0.05, 0.1) is 12.7 Å². The molecule has 15 heavy (non-hydrogen) atoms. The van der Waals surface area contributed by atoms with Crippen LogP contribution >= 0.6 is 22.6 Å². The van der Waals surface area contributed by atoms with Crippen molar-refractivity contribution in [1.82, 2.24) is 4.98 Å². The quantitative estimate of drug-likeness (QED) is 0.664.